The first kappa shape index (κ1) is 6.36. The van der Waals surface area contributed by atoms with Crippen LogP contribution in [0.1, 0.15) is 5.56 Å². The first-order valence-electron chi connectivity index (χ1n) is 2.46. The quantitative estimate of drug-likeness (QED) is 0.554. The van der Waals surface area contributed by atoms with Crippen molar-refractivity contribution in [2.45, 2.75) is 6.92 Å². The van der Waals surface area contributed by atoms with Gasteiger partial charge in [0.05, 0.1) is 0 Å². The predicted octanol–water partition coefficient (Wildman–Crippen LogP) is 1.60. The summed E-state index contributed by atoms with van der Waals surface area (Å²) in [6, 6.07) is 2.97. The van der Waals surface area contributed by atoms with Crippen LogP contribution in [-0.2, 0) is 0 Å². The maximum atomic E-state index is 10.5. The summed E-state index contributed by atoms with van der Waals surface area (Å²) in [5.74, 6) is 0. The minimum atomic E-state index is -0.403. The molecule has 0 unspecified atom stereocenters. The maximum Gasteiger partial charge on any atom is 0.337 e. The zero-order valence-electron chi connectivity index (χ0n) is 4.85. The van der Waals surface area contributed by atoms with Gasteiger partial charge in [0.25, 0.3) is 0 Å². The molecule has 0 spiro atoms. The van der Waals surface area contributed by atoms with Crippen LogP contribution < -0.4 is 5.63 Å². The molecule has 1 aromatic rings. The average Bonchev–Trinajstić information content (AvgIpc) is 1.59. The second-order valence-corrected chi connectivity index (χ2v) is 2.13. The van der Waals surface area contributed by atoms with Crippen LogP contribution >= 0.6 is 11.6 Å². The second kappa shape index (κ2) is 2.23. The summed E-state index contributed by atoms with van der Waals surface area (Å²) in [6.45, 7) is 1.78. The van der Waals surface area contributed by atoms with Gasteiger partial charge in [-0.15, -0.1) is 0 Å². The summed E-state index contributed by atoms with van der Waals surface area (Å²) < 4.78 is 4.47. The lowest BCUT2D eigenvalue weighted by molar-refractivity contribution is 0.511. The highest BCUT2D eigenvalue weighted by Crippen LogP contribution is 2.05. The molecule has 0 aliphatic carbocycles. The molecule has 0 saturated carbocycles. The molecule has 0 N–H and O–H groups in total. The lowest BCUT2D eigenvalue weighted by Gasteiger charge is -1.87. The van der Waals surface area contributed by atoms with Crippen molar-refractivity contribution in [1.29, 1.82) is 0 Å². The van der Waals surface area contributed by atoms with Gasteiger partial charge in [-0.2, -0.15) is 0 Å². The van der Waals surface area contributed by atoms with Gasteiger partial charge in [-0.05, 0) is 30.2 Å². The summed E-state index contributed by atoms with van der Waals surface area (Å²) in [7, 11) is 0. The molecule has 0 radical (unpaired) electrons. The summed E-state index contributed by atoms with van der Waals surface area (Å²) in [5.41, 5.74) is 0.413. The molecule has 0 saturated heterocycles. The van der Waals surface area contributed by atoms with Gasteiger partial charge in [0.1, 0.15) is 0 Å². The van der Waals surface area contributed by atoms with Crippen LogP contribution in [0.3, 0.4) is 0 Å². The zero-order chi connectivity index (χ0) is 6.85. The Labute approximate surface area is 57.1 Å². The Hall–Kier alpha value is -0.760. The maximum absolute atomic E-state index is 10.5. The highest BCUT2D eigenvalue weighted by molar-refractivity contribution is 6.28. The van der Waals surface area contributed by atoms with Crippen molar-refractivity contribution in [1.82, 2.24) is 0 Å². The lowest BCUT2D eigenvalue weighted by Crippen LogP contribution is -1.95. The van der Waals surface area contributed by atoms with Crippen LogP contribution in [-0.4, -0.2) is 0 Å². The fourth-order valence-electron chi connectivity index (χ4n) is 0.562. The van der Waals surface area contributed by atoms with E-state index in [1.54, 1.807) is 13.0 Å². The summed E-state index contributed by atoms with van der Waals surface area (Å²) in [6.07, 6.45) is 0. The van der Waals surface area contributed by atoms with E-state index in [1.807, 2.05) is 0 Å². The minimum Gasteiger partial charge on any atom is -0.411 e. The molecular formula is C6H5ClO2. The van der Waals surface area contributed by atoms with Gasteiger partial charge in [-0.1, -0.05) is 0 Å². The van der Waals surface area contributed by atoms with Gasteiger partial charge < -0.3 is 4.42 Å². The average molecular weight is 145 g/mol. The third-order valence-electron chi connectivity index (χ3n) is 0.885. The largest absolute Gasteiger partial charge is 0.411 e. The van der Waals surface area contributed by atoms with E-state index in [9.17, 15) is 4.79 Å². The molecule has 48 valence electrons. The number of hydrogen-bond donors (Lipinski definition) is 0. The standard InChI is InChI=1S/C6H5ClO2/c1-4-2-5(7)9-6(8)3-4/h2-3H,1H3. The molecule has 0 atom stereocenters. The van der Waals surface area contributed by atoms with E-state index < -0.39 is 5.63 Å². The van der Waals surface area contributed by atoms with E-state index in [0.29, 0.717) is 0 Å². The fourth-order valence-corrected chi connectivity index (χ4v) is 0.810. The summed E-state index contributed by atoms with van der Waals surface area (Å²) in [5, 5.41) is 0.139. The Morgan fingerprint density at radius 1 is 1.56 bits per heavy atom. The fraction of sp³-hybridized carbons (Fsp3) is 0.167. The van der Waals surface area contributed by atoms with Crippen molar-refractivity contribution < 1.29 is 4.42 Å². The number of aryl methyl sites for hydroxylation is 1. The van der Waals surface area contributed by atoms with Crippen molar-refractivity contribution >= 4 is 11.6 Å². The van der Waals surface area contributed by atoms with E-state index >= 15 is 0 Å². The van der Waals surface area contributed by atoms with E-state index in [-0.39, 0.29) is 5.22 Å². The molecule has 1 rings (SSSR count). The van der Waals surface area contributed by atoms with Crippen LogP contribution in [0.2, 0.25) is 5.22 Å². The van der Waals surface area contributed by atoms with Crippen molar-refractivity contribution in [2.75, 3.05) is 0 Å². The van der Waals surface area contributed by atoms with Crippen molar-refractivity contribution in [3.05, 3.63) is 33.3 Å². The Balaban J connectivity index is 3.33. The van der Waals surface area contributed by atoms with Crippen LogP contribution in [0, 0.1) is 6.92 Å². The van der Waals surface area contributed by atoms with Crippen LogP contribution in [0.25, 0.3) is 0 Å². The topological polar surface area (TPSA) is 30.2 Å². The molecule has 0 aliphatic heterocycles. The third kappa shape index (κ3) is 1.57. The lowest BCUT2D eigenvalue weighted by atomic mass is 10.3. The molecular weight excluding hydrogens is 140 g/mol. The zero-order valence-corrected chi connectivity index (χ0v) is 5.61. The van der Waals surface area contributed by atoms with Crippen molar-refractivity contribution in [3.63, 3.8) is 0 Å². The number of halogens is 1. The summed E-state index contributed by atoms with van der Waals surface area (Å²) in [4.78, 5) is 10.5. The van der Waals surface area contributed by atoms with E-state index in [2.05, 4.69) is 4.42 Å². The first-order valence-corrected chi connectivity index (χ1v) is 2.83. The Morgan fingerprint density at radius 3 is 2.67 bits per heavy atom. The van der Waals surface area contributed by atoms with E-state index in [0.717, 1.165) is 5.56 Å². The van der Waals surface area contributed by atoms with Gasteiger partial charge in [0.15, 0.2) is 5.22 Å². The highest BCUT2D eigenvalue weighted by atomic mass is 35.5. The molecule has 0 fully saturated rings. The van der Waals surface area contributed by atoms with Gasteiger partial charge >= 0.3 is 5.63 Å². The molecule has 0 aromatic carbocycles. The molecule has 0 bridgehead atoms. The number of hydrogen-bond acceptors (Lipinski definition) is 2. The van der Waals surface area contributed by atoms with E-state index in [1.165, 1.54) is 6.07 Å². The minimum absolute atomic E-state index is 0.139. The normalized spacial score (nSPS) is 9.56. The Morgan fingerprint density at radius 2 is 2.22 bits per heavy atom. The third-order valence-corrected chi connectivity index (χ3v) is 1.07. The van der Waals surface area contributed by atoms with Gasteiger partial charge in [0, 0.05) is 6.07 Å². The smallest absolute Gasteiger partial charge is 0.337 e. The first-order chi connectivity index (χ1) is 4.18. The molecule has 1 aromatic heterocycles. The van der Waals surface area contributed by atoms with Crippen molar-refractivity contribution in [3.8, 4) is 0 Å². The molecule has 0 aliphatic rings. The summed E-state index contributed by atoms with van der Waals surface area (Å²) >= 11 is 5.38. The highest BCUT2D eigenvalue weighted by Gasteiger charge is 1.91. The monoisotopic (exact) mass is 144 g/mol. The number of rotatable bonds is 0. The van der Waals surface area contributed by atoms with Gasteiger partial charge in [-0.25, -0.2) is 4.79 Å². The van der Waals surface area contributed by atoms with Crippen LogP contribution in [0.15, 0.2) is 21.3 Å². The Kier molecular flexibility index (Phi) is 1.58. The van der Waals surface area contributed by atoms with Crippen LogP contribution in [0.5, 0.6) is 0 Å². The molecule has 3 heteroatoms. The second-order valence-electron chi connectivity index (χ2n) is 1.76. The Bertz CT molecular complexity index is 241. The SMILES string of the molecule is Cc1cc(Cl)oc(=O)c1. The molecule has 0 amide bonds. The van der Waals surface area contributed by atoms with Crippen molar-refractivity contribution in [2.24, 2.45) is 0 Å². The van der Waals surface area contributed by atoms with Crippen LogP contribution in [0.4, 0.5) is 0 Å². The van der Waals surface area contributed by atoms with Gasteiger partial charge in [-0.3, -0.25) is 0 Å². The predicted molar refractivity (Wildman–Crippen MR) is 34.7 cm³/mol. The van der Waals surface area contributed by atoms with E-state index in [4.69, 9.17) is 11.6 Å². The molecule has 1 heterocycles. The molecule has 9 heavy (non-hydrogen) atoms. The molecule has 2 nitrogen and oxygen atoms in total. The van der Waals surface area contributed by atoms with Gasteiger partial charge in [0.2, 0.25) is 0 Å².